The Kier molecular flexibility index (Phi) is 5.39. The van der Waals surface area contributed by atoms with Gasteiger partial charge in [0, 0.05) is 18.7 Å². The molecule has 9 heteroatoms. The predicted octanol–water partition coefficient (Wildman–Crippen LogP) is 3.19. The van der Waals surface area contributed by atoms with Crippen molar-refractivity contribution in [2.24, 2.45) is 0 Å². The minimum Gasteiger partial charge on any atom is -0.379 e. The maximum atomic E-state index is 12.8. The maximum Gasteiger partial charge on any atom is 0.257 e. The summed E-state index contributed by atoms with van der Waals surface area (Å²) in [5.74, 6) is -0.391. The fourth-order valence-electron chi connectivity index (χ4n) is 3.33. The SMILES string of the molecule is Cc1cc(C)c2nc(NC(=O)c3cccc(S(=O)(=O)N4CCOCC4)c3)sc2c1. The molecule has 1 amide bonds. The van der Waals surface area contributed by atoms with Crippen LogP contribution in [0.1, 0.15) is 21.5 Å². The van der Waals surface area contributed by atoms with Gasteiger partial charge in [0.2, 0.25) is 10.0 Å². The summed E-state index contributed by atoms with van der Waals surface area (Å²) in [4.78, 5) is 17.3. The van der Waals surface area contributed by atoms with Gasteiger partial charge in [0.05, 0.1) is 28.3 Å². The van der Waals surface area contributed by atoms with Crippen LogP contribution in [0.25, 0.3) is 10.2 Å². The molecule has 1 saturated heterocycles. The molecule has 4 rings (SSSR count). The van der Waals surface area contributed by atoms with Crippen LogP contribution >= 0.6 is 11.3 Å². The number of hydrogen-bond acceptors (Lipinski definition) is 6. The molecule has 29 heavy (non-hydrogen) atoms. The summed E-state index contributed by atoms with van der Waals surface area (Å²) >= 11 is 1.40. The zero-order valence-corrected chi connectivity index (χ0v) is 17.8. The van der Waals surface area contributed by atoms with Gasteiger partial charge in [-0.25, -0.2) is 13.4 Å². The Morgan fingerprint density at radius 3 is 2.69 bits per heavy atom. The van der Waals surface area contributed by atoms with E-state index in [0.717, 1.165) is 21.3 Å². The number of rotatable bonds is 4. The lowest BCUT2D eigenvalue weighted by Gasteiger charge is -2.26. The number of sulfonamides is 1. The van der Waals surface area contributed by atoms with Crippen LogP contribution in [0.3, 0.4) is 0 Å². The molecular weight excluding hydrogens is 410 g/mol. The van der Waals surface area contributed by atoms with E-state index >= 15 is 0 Å². The van der Waals surface area contributed by atoms with Crippen molar-refractivity contribution in [3.8, 4) is 0 Å². The van der Waals surface area contributed by atoms with E-state index < -0.39 is 15.9 Å². The Balaban J connectivity index is 1.58. The number of nitrogens with one attached hydrogen (secondary N) is 1. The van der Waals surface area contributed by atoms with Crippen molar-refractivity contribution < 1.29 is 17.9 Å². The van der Waals surface area contributed by atoms with E-state index in [2.05, 4.69) is 10.3 Å². The number of fused-ring (bicyclic) bond motifs is 1. The van der Waals surface area contributed by atoms with E-state index in [9.17, 15) is 13.2 Å². The quantitative estimate of drug-likeness (QED) is 0.685. The number of carbonyl (C=O) groups is 1. The first-order chi connectivity index (χ1) is 13.8. The van der Waals surface area contributed by atoms with Crippen molar-refractivity contribution in [1.82, 2.24) is 9.29 Å². The topological polar surface area (TPSA) is 88.6 Å². The van der Waals surface area contributed by atoms with Gasteiger partial charge in [-0.15, -0.1) is 0 Å². The van der Waals surface area contributed by atoms with E-state index in [1.807, 2.05) is 26.0 Å². The Morgan fingerprint density at radius 1 is 1.17 bits per heavy atom. The highest BCUT2D eigenvalue weighted by atomic mass is 32.2. The minimum atomic E-state index is -3.66. The predicted molar refractivity (Wildman–Crippen MR) is 113 cm³/mol. The summed E-state index contributed by atoms with van der Waals surface area (Å²) in [6.07, 6.45) is 0. The third-order valence-corrected chi connectivity index (χ3v) is 7.57. The lowest BCUT2D eigenvalue weighted by atomic mass is 10.1. The number of amides is 1. The number of nitrogens with zero attached hydrogens (tertiary/aromatic N) is 2. The number of thiazole rings is 1. The molecule has 0 saturated carbocycles. The van der Waals surface area contributed by atoms with Gasteiger partial charge < -0.3 is 4.74 Å². The fourth-order valence-corrected chi connectivity index (χ4v) is 5.82. The second-order valence-corrected chi connectivity index (χ2v) is 9.91. The lowest BCUT2D eigenvalue weighted by molar-refractivity contribution is 0.0730. The van der Waals surface area contributed by atoms with Gasteiger partial charge in [-0.05, 0) is 49.2 Å². The van der Waals surface area contributed by atoms with Crippen molar-refractivity contribution in [1.29, 1.82) is 0 Å². The molecule has 1 N–H and O–H groups in total. The van der Waals surface area contributed by atoms with Gasteiger partial charge in [-0.2, -0.15) is 4.31 Å². The largest absolute Gasteiger partial charge is 0.379 e. The second kappa shape index (κ2) is 7.83. The first-order valence-electron chi connectivity index (χ1n) is 9.22. The maximum absolute atomic E-state index is 12.8. The van der Waals surface area contributed by atoms with Gasteiger partial charge in [0.1, 0.15) is 0 Å². The monoisotopic (exact) mass is 431 g/mol. The number of aromatic nitrogens is 1. The zero-order valence-electron chi connectivity index (χ0n) is 16.1. The Hall–Kier alpha value is -2.33. The first kappa shape index (κ1) is 20.0. The van der Waals surface area contributed by atoms with Crippen LogP contribution < -0.4 is 5.32 Å². The van der Waals surface area contributed by atoms with Crippen molar-refractivity contribution in [2.75, 3.05) is 31.6 Å². The number of hydrogen-bond donors (Lipinski definition) is 1. The van der Waals surface area contributed by atoms with Crippen molar-refractivity contribution >= 4 is 42.6 Å². The zero-order chi connectivity index (χ0) is 20.6. The summed E-state index contributed by atoms with van der Waals surface area (Å²) in [5, 5.41) is 3.28. The molecular formula is C20H21N3O4S2. The molecule has 0 aliphatic carbocycles. The molecule has 0 unspecified atom stereocenters. The molecule has 0 radical (unpaired) electrons. The van der Waals surface area contributed by atoms with Gasteiger partial charge in [-0.1, -0.05) is 23.5 Å². The molecule has 152 valence electrons. The number of carbonyl (C=O) groups excluding carboxylic acids is 1. The summed E-state index contributed by atoms with van der Waals surface area (Å²) in [5.41, 5.74) is 3.32. The summed E-state index contributed by atoms with van der Waals surface area (Å²) in [6.45, 7) is 5.36. The molecule has 1 fully saturated rings. The molecule has 0 atom stereocenters. The van der Waals surface area contributed by atoms with Crippen LogP contribution in [0.15, 0.2) is 41.3 Å². The Morgan fingerprint density at radius 2 is 1.93 bits per heavy atom. The van der Waals surface area contributed by atoms with E-state index in [-0.39, 0.29) is 10.5 Å². The highest BCUT2D eigenvalue weighted by Gasteiger charge is 2.27. The molecule has 7 nitrogen and oxygen atoms in total. The average Bonchev–Trinajstić information content (AvgIpc) is 3.11. The summed E-state index contributed by atoms with van der Waals surface area (Å²) in [7, 11) is -3.66. The van der Waals surface area contributed by atoms with E-state index in [1.165, 1.54) is 27.8 Å². The normalized spacial score (nSPS) is 15.5. The molecule has 0 spiro atoms. The highest BCUT2D eigenvalue weighted by Crippen LogP contribution is 2.29. The van der Waals surface area contributed by atoms with E-state index in [1.54, 1.807) is 12.1 Å². The van der Waals surface area contributed by atoms with Crippen molar-refractivity contribution in [3.63, 3.8) is 0 Å². The van der Waals surface area contributed by atoms with Crippen LogP contribution in [0.4, 0.5) is 5.13 Å². The van der Waals surface area contributed by atoms with Gasteiger partial charge in [0.15, 0.2) is 5.13 Å². The van der Waals surface area contributed by atoms with Gasteiger partial charge >= 0.3 is 0 Å². The number of anilines is 1. The van der Waals surface area contributed by atoms with Crippen LogP contribution in [0, 0.1) is 13.8 Å². The fraction of sp³-hybridized carbons (Fsp3) is 0.300. The number of benzene rings is 2. The van der Waals surface area contributed by atoms with Crippen molar-refractivity contribution in [3.05, 3.63) is 53.1 Å². The molecule has 2 aromatic carbocycles. The standard InChI is InChI=1S/C20H21N3O4S2/c1-13-10-14(2)18-17(11-13)28-20(21-18)22-19(24)15-4-3-5-16(12-15)29(25,26)23-6-8-27-9-7-23/h3-5,10-12H,6-9H2,1-2H3,(H,21,22,24). The Labute approximate surface area is 173 Å². The number of morpholine rings is 1. The minimum absolute atomic E-state index is 0.0998. The number of ether oxygens (including phenoxy) is 1. The van der Waals surface area contributed by atoms with Crippen molar-refractivity contribution in [2.45, 2.75) is 18.7 Å². The first-order valence-corrected chi connectivity index (χ1v) is 11.5. The van der Waals surface area contributed by atoms with Crippen LogP contribution in [0.5, 0.6) is 0 Å². The second-order valence-electron chi connectivity index (χ2n) is 6.95. The Bertz CT molecular complexity index is 1180. The lowest BCUT2D eigenvalue weighted by Crippen LogP contribution is -2.40. The molecule has 1 aromatic heterocycles. The van der Waals surface area contributed by atoms with Gasteiger partial charge in [0.25, 0.3) is 5.91 Å². The smallest absolute Gasteiger partial charge is 0.257 e. The van der Waals surface area contributed by atoms with E-state index in [0.29, 0.717) is 31.4 Å². The third-order valence-electron chi connectivity index (χ3n) is 4.75. The molecule has 2 heterocycles. The highest BCUT2D eigenvalue weighted by molar-refractivity contribution is 7.89. The van der Waals surface area contributed by atoms with Gasteiger partial charge in [-0.3, -0.25) is 10.1 Å². The van der Waals surface area contributed by atoms with Crippen LogP contribution in [-0.2, 0) is 14.8 Å². The molecule has 1 aliphatic heterocycles. The van der Waals surface area contributed by atoms with Crippen LogP contribution in [-0.4, -0.2) is 49.9 Å². The summed E-state index contributed by atoms with van der Waals surface area (Å²) in [6, 6.07) is 10.2. The molecule has 0 bridgehead atoms. The molecule has 3 aromatic rings. The van der Waals surface area contributed by atoms with E-state index in [4.69, 9.17) is 4.74 Å². The third kappa shape index (κ3) is 4.04. The average molecular weight is 432 g/mol. The number of aryl methyl sites for hydroxylation is 2. The summed E-state index contributed by atoms with van der Waals surface area (Å²) < 4.78 is 33.3. The van der Waals surface area contributed by atoms with Crippen LogP contribution in [0.2, 0.25) is 0 Å². The molecule has 1 aliphatic rings.